The van der Waals surface area contributed by atoms with Gasteiger partial charge in [-0.1, -0.05) is 63.1 Å². The lowest BCUT2D eigenvalue weighted by Gasteiger charge is -2.21. The maximum absolute atomic E-state index is 12.9. The molecule has 0 aliphatic heterocycles. The van der Waals surface area contributed by atoms with E-state index in [1.165, 1.54) is 36.8 Å². The number of carbonyl (C=O) groups is 2. The fourth-order valence-electron chi connectivity index (χ4n) is 3.57. The highest BCUT2D eigenvalue weighted by atomic mass is 16.5. The van der Waals surface area contributed by atoms with Crippen molar-refractivity contribution < 1.29 is 14.3 Å². The number of ether oxygens (including phenoxy) is 1. The Morgan fingerprint density at radius 3 is 2.50 bits per heavy atom. The largest absolute Gasteiger partial charge is 0.465 e. The van der Waals surface area contributed by atoms with Crippen LogP contribution in [0.5, 0.6) is 0 Å². The molecule has 1 heterocycles. The maximum Gasteiger partial charge on any atom is 0.323 e. The minimum atomic E-state index is -0.588. The standard InChI is InChI=1S/C23H36N4O3/c1-5-7-8-9-10-11-12-13-19(23(29)30-6-2)24-18(4)22(28)27-21-15-14-17(3)16-20(21)25-26-27/h14-16,18-19,24H,5-13H2,1-4H3. The number of rotatable bonds is 13. The van der Waals surface area contributed by atoms with Crippen LogP contribution in [-0.2, 0) is 9.53 Å². The molecule has 0 bridgehead atoms. The molecule has 1 N–H and O–H groups in total. The summed E-state index contributed by atoms with van der Waals surface area (Å²) >= 11 is 0. The number of hydrogen-bond donors (Lipinski definition) is 1. The molecule has 1 aromatic carbocycles. The number of hydrogen-bond acceptors (Lipinski definition) is 6. The Morgan fingerprint density at radius 2 is 1.80 bits per heavy atom. The van der Waals surface area contributed by atoms with Gasteiger partial charge in [0.15, 0.2) is 0 Å². The average molecular weight is 417 g/mol. The van der Waals surface area contributed by atoms with Gasteiger partial charge in [-0.3, -0.25) is 14.9 Å². The Bertz CT molecular complexity index is 818. The fourth-order valence-corrected chi connectivity index (χ4v) is 3.57. The topological polar surface area (TPSA) is 86.1 Å². The fraction of sp³-hybridized carbons (Fsp3) is 0.652. The van der Waals surface area contributed by atoms with E-state index in [2.05, 4.69) is 22.6 Å². The molecule has 7 nitrogen and oxygen atoms in total. The second kappa shape index (κ2) is 12.4. The Hall–Kier alpha value is -2.28. The normalized spacial score (nSPS) is 13.3. The van der Waals surface area contributed by atoms with E-state index in [-0.39, 0.29) is 11.9 Å². The summed E-state index contributed by atoms with van der Waals surface area (Å²) in [5, 5.41) is 11.3. The van der Waals surface area contributed by atoms with E-state index in [1.807, 2.05) is 25.1 Å². The number of nitrogens with one attached hydrogen (secondary N) is 1. The number of nitrogens with zero attached hydrogens (tertiary/aromatic N) is 3. The Morgan fingerprint density at radius 1 is 1.10 bits per heavy atom. The molecule has 0 spiro atoms. The summed E-state index contributed by atoms with van der Waals surface area (Å²) < 4.78 is 6.53. The molecule has 1 aromatic heterocycles. The molecule has 166 valence electrons. The summed E-state index contributed by atoms with van der Waals surface area (Å²) in [6.07, 6.45) is 8.86. The monoisotopic (exact) mass is 416 g/mol. The van der Waals surface area contributed by atoms with Gasteiger partial charge in [-0.25, -0.2) is 0 Å². The minimum absolute atomic E-state index is 0.241. The van der Waals surface area contributed by atoms with Gasteiger partial charge in [0.1, 0.15) is 11.6 Å². The molecule has 0 fully saturated rings. The van der Waals surface area contributed by atoms with Crippen molar-refractivity contribution in [2.24, 2.45) is 0 Å². The molecule has 0 aliphatic carbocycles. The van der Waals surface area contributed by atoms with Gasteiger partial charge in [0.05, 0.1) is 18.2 Å². The van der Waals surface area contributed by atoms with Gasteiger partial charge < -0.3 is 4.74 Å². The van der Waals surface area contributed by atoms with E-state index in [1.54, 1.807) is 13.8 Å². The predicted octanol–water partition coefficient (Wildman–Crippen LogP) is 4.43. The first kappa shape index (κ1) is 24.0. The highest BCUT2D eigenvalue weighted by Gasteiger charge is 2.26. The Kier molecular flexibility index (Phi) is 9.94. The van der Waals surface area contributed by atoms with Gasteiger partial charge in [-0.2, -0.15) is 4.68 Å². The van der Waals surface area contributed by atoms with Crippen LogP contribution in [0.2, 0.25) is 0 Å². The van der Waals surface area contributed by atoms with Crippen LogP contribution in [0.3, 0.4) is 0 Å². The second-order valence-corrected chi connectivity index (χ2v) is 7.93. The van der Waals surface area contributed by atoms with E-state index in [4.69, 9.17) is 4.74 Å². The van der Waals surface area contributed by atoms with Crippen molar-refractivity contribution in [3.8, 4) is 0 Å². The van der Waals surface area contributed by atoms with Crippen LogP contribution in [-0.4, -0.2) is 45.6 Å². The van der Waals surface area contributed by atoms with Gasteiger partial charge in [0.2, 0.25) is 0 Å². The summed E-state index contributed by atoms with van der Waals surface area (Å²) in [6.45, 7) is 8.05. The zero-order valence-electron chi connectivity index (χ0n) is 18.8. The first-order chi connectivity index (χ1) is 14.5. The number of esters is 1. The second-order valence-electron chi connectivity index (χ2n) is 7.93. The van der Waals surface area contributed by atoms with Crippen LogP contribution in [0, 0.1) is 6.92 Å². The first-order valence-electron chi connectivity index (χ1n) is 11.3. The lowest BCUT2D eigenvalue weighted by atomic mass is 10.0. The van der Waals surface area contributed by atoms with Crippen molar-refractivity contribution in [3.05, 3.63) is 23.8 Å². The molecule has 0 saturated heterocycles. The number of aromatic nitrogens is 3. The lowest BCUT2D eigenvalue weighted by molar-refractivity contribution is -0.146. The van der Waals surface area contributed by atoms with Crippen molar-refractivity contribution >= 4 is 22.9 Å². The van der Waals surface area contributed by atoms with E-state index < -0.39 is 12.1 Å². The van der Waals surface area contributed by atoms with Gasteiger partial charge >= 0.3 is 5.97 Å². The van der Waals surface area contributed by atoms with Crippen LogP contribution in [0.15, 0.2) is 18.2 Å². The Labute approximate surface area is 179 Å². The van der Waals surface area contributed by atoms with Gasteiger partial charge in [-0.15, -0.1) is 5.10 Å². The van der Waals surface area contributed by atoms with E-state index in [0.29, 0.717) is 24.1 Å². The average Bonchev–Trinajstić information content (AvgIpc) is 3.14. The third kappa shape index (κ3) is 6.90. The molecule has 2 unspecified atom stereocenters. The third-order valence-electron chi connectivity index (χ3n) is 5.30. The van der Waals surface area contributed by atoms with Crippen molar-refractivity contribution in [2.45, 2.75) is 91.1 Å². The predicted molar refractivity (Wildman–Crippen MR) is 119 cm³/mol. The minimum Gasteiger partial charge on any atom is -0.465 e. The van der Waals surface area contributed by atoms with Crippen molar-refractivity contribution in [3.63, 3.8) is 0 Å². The molecular formula is C23H36N4O3. The van der Waals surface area contributed by atoms with E-state index in [9.17, 15) is 9.59 Å². The molecule has 0 radical (unpaired) electrons. The number of carbonyl (C=O) groups excluding carboxylic acids is 2. The van der Waals surface area contributed by atoms with Crippen LogP contribution < -0.4 is 5.32 Å². The Balaban J connectivity index is 1.95. The molecular weight excluding hydrogens is 380 g/mol. The summed E-state index contributed by atoms with van der Waals surface area (Å²) in [5.74, 6) is -0.544. The summed E-state index contributed by atoms with van der Waals surface area (Å²) in [4.78, 5) is 25.4. The summed E-state index contributed by atoms with van der Waals surface area (Å²) in [7, 11) is 0. The quantitative estimate of drug-likeness (QED) is 0.384. The van der Waals surface area contributed by atoms with Gasteiger partial charge in [0, 0.05) is 0 Å². The van der Waals surface area contributed by atoms with Gasteiger partial charge in [-0.05, 0) is 44.9 Å². The first-order valence-corrected chi connectivity index (χ1v) is 11.3. The smallest absolute Gasteiger partial charge is 0.323 e. The molecule has 0 saturated carbocycles. The van der Waals surface area contributed by atoms with E-state index in [0.717, 1.165) is 18.4 Å². The zero-order valence-corrected chi connectivity index (χ0v) is 18.8. The van der Waals surface area contributed by atoms with Crippen LogP contribution in [0.1, 0.15) is 82.5 Å². The maximum atomic E-state index is 12.9. The van der Waals surface area contributed by atoms with Crippen molar-refractivity contribution in [1.82, 2.24) is 20.3 Å². The summed E-state index contributed by atoms with van der Waals surface area (Å²) in [5.41, 5.74) is 2.41. The molecule has 7 heteroatoms. The number of unbranched alkanes of at least 4 members (excludes halogenated alkanes) is 6. The summed E-state index contributed by atoms with van der Waals surface area (Å²) in [6, 6.07) is 4.57. The molecule has 2 rings (SSSR count). The molecule has 30 heavy (non-hydrogen) atoms. The zero-order chi connectivity index (χ0) is 21.9. The number of aryl methyl sites for hydroxylation is 1. The van der Waals surface area contributed by atoms with Crippen molar-refractivity contribution in [2.75, 3.05) is 6.61 Å². The number of fused-ring (bicyclic) bond motifs is 1. The molecule has 2 aromatic rings. The third-order valence-corrected chi connectivity index (χ3v) is 5.30. The highest BCUT2D eigenvalue weighted by Crippen LogP contribution is 2.14. The highest BCUT2D eigenvalue weighted by molar-refractivity contribution is 5.92. The van der Waals surface area contributed by atoms with Crippen molar-refractivity contribution in [1.29, 1.82) is 0 Å². The van der Waals surface area contributed by atoms with E-state index >= 15 is 0 Å². The molecule has 2 atom stereocenters. The molecule has 0 aliphatic rings. The van der Waals surface area contributed by atoms with Crippen LogP contribution >= 0.6 is 0 Å². The molecule has 0 amide bonds. The SMILES string of the molecule is CCCCCCCCCC(NC(C)C(=O)n1nnc2cc(C)ccc21)C(=O)OCC. The number of benzene rings is 1. The van der Waals surface area contributed by atoms with Crippen LogP contribution in [0.25, 0.3) is 11.0 Å². The van der Waals surface area contributed by atoms with Crippen LogP contribution in [0.4, 0.5) is 0 Å². The van der Waals surface area contributed by atoms with Gasteiger partial charge in [0.25, 0.3) is 5.91 Å². The lowest BCUT2D eigenvalue weighted by Crippen LogP contribution is -2.48.